The van der Waals surface area contributed by atoms with Crippen LogP contribution in [0.15, 0.2) is 12.2 Å². The summed E-state index contributed by atoms with van der Waals surface area (Å²) in [6, 6.07) is 0.731. The molecule has 10 heavy (non-hydrogen) atoms. The Labute approximate surface area is 63.4 Å². The summed E-state index contributed by atoms with van der Waals surface area (Å²) in [5, 5.41) is 3.48. The lowest BCUT2D eigenvalue weighted by Crippen LogP contribution is -2.38. The maximum absolute atomic E-state index is 3.48. The Balaban J connectivity index is 0.000000605. The molecular formula is C8H16N2. The summed E-state index contributed by atoms with van der Waals surface area (Å²) in [4.78, 5) is 2.39. The first-order chi connectivity index (χ1) is 4.86. The summed E-state index contributed by atoms with van der Waals surface area (Å²) in [5.41, 5.74) is 0. The monoisotopic (exact) mass is 140 g/mol. The molecule has 0 aliphatic carbocycles. The van der Waals surface area contributed by atoms with Crippen LogP contribution < -0.4 is 5.32 Å². The van der Waals surface area contributed by atoms with Crippen molar-refractivity contribution in [2.75, 3.05) is 26.7 Å². The second-order valence-corrected chi connectivity index (χ2v) is 3.33. The lowest BCUT2D eigenvalue weighted by atomic mass is 10.0. The molecule has 58 valence electrons. The zero-order valence-electron chi connectivity index (χ0n) is 6.38. The molecule has 0 radical (unpaired) electrons. The quantitative estimate of drug-likeness (QED) is 0.488. The van der Waals surface area contributed by atoms with E-state index in [4.69, 9.17) is 0 Å². The Morgan fingerprint density at radius 2 is 2.50 bits per heavy atom. The summed E-state index contributed by atoms with van der Waals surface area (Å²) in [6.07, 6.45) is 4.59. The Morgan fingerprint density at radius 3 is 3.30 bits per heavy atom. The van der Waals surface area contributed by atoms with Crippen LogP contribution in [-0.4, -0.2) is 37.6 Å². The molecule has 2 aliphatic heterocycles. The van der Waals surface area contributed by atoms with E-state index in [0.29, 0.717) is 0 Å². The molecule has 2 heteroatoms. The van der Waals surface area contributed by atoms with Gasteiger partial charge in [-0.15, -0.1) is 0 Å². The molecule has 2 nitrogen and oxygen atoms in total. The van der Waals surface area contributed by atoms with Gasteiger partial charge in [0.25, 0.3) is 0 Å². The minimum Gasteiger partial charge on any atom is -0.309 e. The van der Waals surface area contributed by atoms with E-state index >= 15 is 0 Å². The third kappa shape index (κ3) is 0.976. The molecule has 0 amide bonds. The number of fused-ring (bicyclic) bond motifs is 1. The van der Waals surface area contributed by atoms with Gasteiger partial charge in [0, 0.05) is 33.0 Å². The second-order valence-electron chi connectivity index (χ2n) is 3.33. The molecule has 2 heterocycles. The van der Waals surface area contributed by atoms with Crippen LogP contribution in [0.2, 0.25) is 0 Å². The molecule has 1 fully saturated rings. The maximum atomic E-state index is 3.48. The van der Waals surface area contributed by atoms with Crippen LogP contribution in [0.3, 0.4) is 0 Å². The van der Waals surface area contributed by atoms with Crippen molar-refractivity contribution in [2.45, 2.75) is 6.04 Å². The molecule has 1 saturated heterocycles. The van der Waals surface area contributed by atoms with E-state index in [9.17, 15) is 0 Å². The molecule has 0 saturated carbocycles. The van der Waals surface area contributed by atoms with Crippen LogP contribution in [0.5, 0.6) is 0 Å². The molecular weight excluding hydrogens is 124 g/mol. The van der Waals surface area contributed by atoms with Crippen molar-refractivity contribution in [1.82, 2.24) is 10.2 Å². The van der Waals surface area contributed by atoms with Crippen molar-refractivity contribution in [3.8, 4) is 0 Å². The van der Waals surface area contributed by atoms with Gasteiger partial charge in [-0.25, -0.2) is 0 Å². The van der Waals surface area contributed by atoms with Crippen molar-refractivity contribution >= 4 is 0 Å². The fourth-order valence-corrected chi connectivity index (χ4v) is 1.91. The highest BCUT2D eigenvalue weighted by Crippen LogP contribution is 2.18. The Bertz CT molecular complexity index is 158. The van der Waals surface area contributed by atoms with Crippen LogP contribution in [0.4, 0.5) is 0 Å². The third-order valence-electron chi connectivity index (χ3n) is 2.43. The second kappa shape index (κ2) is 2.36. The Morgan fingerprint density at radius 1 is 1.60 bits per heavy atom. The van der Waals surface area contributed by atoms with E-state index in [2.05, 4.69) is 29.4 Å². The molecule has 1 N–H and O–H groups in total. The number of hydrogen-bond acceptors (Lipinski definition) is 2. The van der Waals surface area contributed by atoms with E-state index in [0.717, 1.165) is 18.5 Å². The lowest BCUT2D eigenvalue weighted by Gasteiger charge is -2.19. The van der Waals surface area contributed by atoms with Gasteiger partial charge < -0.3 is 10.2 Å². The fraction of sp³-hybridized carbons (Fsp3) is 0.750. The lowest BCUT2D eigenvalue weighted by molar-refractivity contribution is 0.400. The van der Waals surface area contributed by atoms with Crippen molar-refractivity contribution in [3.05, 3.63) is 12.2 Å². The van der Waals surface area contributed by atoms with E-state index in [1.807, 2.05) is 0 Å². The van der Waals surface area contributed by atoms with Gasteiger partial charge in [-0.2, -0.15) is 0 Å². The SMILES string of the molecule is CN1CC2C=CCNC2C1.[HH]. The van der Waals surface area contributed by atoms with Crippen molar-refractivity contribution < 1.29 is 1.43 Å². The van der Waals surface area contributed by atoms with Gasteiger partial charge in [-0.05, 0) is 7.05 Å². The van der Waals surface area contributed by atoms with Crippen molar-refractivity contribution in [3.63, 3.8) is 0 Å². The first-order valence-electron chi connectivity index (χ1n) is 3.95. The van der Waals surface area contributed by atoms with Gasteiger partial charge in [0.2, 0.25) is 0 Å². The van der Waals surface area contributed by atoms with Crippen molar-refractivity contribution in [2.24, 2.45) is 5.92 Å². The predicted octanol–water partition coefficient (Wildman–Crippen LogP) is 0.322. The number of likely N-dealkylation sites (tertiary alicyclic amines) is 1. The average molecular weight is 140 g/mol. The third-order valence-corrected chi connectivity index (χ3v) is 2.43. The topological polar surface area (TPSA) is 15.3 Å². The first-order valence-corrected chi connectivity index (χ1v) is 3.95. The van der Waals surface area contributed by atoms with Crippen LogP contribution in [0.1, 0.15) is 1.43 Å². The smallest absolute Gasteiger partial charge is 0.0272 e. The van der Waals surface area contributed by atoms with Crippen LogP contribution in [0.25, 0.3) is 0 Å². The minimum absolute atomic E-state index is 0. The molecule has 2 rings (SSSR count). The summed E-state index contributed by atoms with van der Waals surface area (Å²) < 4.78 is 0. The van der Waals surface area contributed by atoms with Gasteiger partial charge in [0.05, 0.1) is 0 Å². The van der Waals surface area contributed by atoms with Crippen molar-refractivity contribution in [1.29, 1.82) is 0 Å². The van der Waals surface area contributed by atoms with Crippen LogP contribution in [-0.2, 0) is 0 Å². The van der Waals surface area contributed by atoms with Gasteiger partial charge >= 0.3 is 0 Å². The Hall–Kier alpha value is -0.340. The van der Waals surface area contributed by atoms with Crippen LogP contribution in [0, 0.1) is 5.92 Å². The predicted molar refractivity (Wildman–Crippen MR) is 44.0 cm³/mol. The summed E-state index contributed by atoms with van der Waals surface area (Å²) in [7, 11) is 2.19. The molecule has 0 bridgehead atoms. The highest BCUT2D eigenvalue weighted by molar-refractivity contribution is 5.05. The maximum Gasteiger partial charge on any atom is 0.0272 e. The molecule has 0 aromatic heterocycles. The van der Waals surface area contributed by atoms with Gasteiger partial charge in [-0.3, -0.25) is 0 Å². The minimum atomic E-state index is 0. The van der Waals surface area contributed by atoms with E-state index in [1.54, 1.807) is 0 Å². The summed E-state index contributed by atoms with van der Waals surface area (Å²) in [5.74, 6) is 0.777. The largest absolute Gasteiger partial charge is 0.309 e. The number of nitrogens with zero attached hydrogens (tertiary/aromatic N) is 1. The molecule has 0 spiro atoms. The highest BCUT2D eigenvalue weighted by Gasteiger charge is 2.29. The highest BCUT2D eigenvalue weighted by atomic mass is 15.2. The van der Waals surface area contributed by atoms with E-state index in [-0.39, 0.29) is 1.43 Å². The number of hydrogen-bond donors (Lipinski definition) is 1. The van der Waals surface area contributed by atoms with Gasteiger partial charge in [0.15, 0.2) is 0 Å². The summed E-state index contributed by atoms with van der Waals surface area (Å²) >= 11 is 0. The molecule has 0 aromatic rings. The molecule has 2 atom stereocenters. The van der Waals surface area contributed by atoms with Gasteiger partial charge in [0.1, 0.15) is 0 Å². The number of rotatable bonds is 0. The normalized spacial score (nSPS) is 40.1. The average Bonchev–Trinajstić information content (AvgIpc) is 2.27. The summed E-state index contributed by atoms with van der Waals surface area (Å²) in [6.45, 7) is 3.51. The standard InChI is InChI=1S/C8H14N2.H2/c1-10-5-7-3-2-4-9-8(7)6-10;/h2-3,7-9H,4-6H2,1H3;1H. The zero-order chi connectivity index (χ0) is 6.97. The molecule has 2 aliphatic rings. The van der Waals surface area contributed by atoms with E-state index < -0.39 is 0 Å². The number of nitrogens with one attached hydrogen (secondary N) is 1. The van der Waals surface area contributed by atoms with Gasteiger partial charge in [-0.1, -0.05) is 12.2 Å². The van der Waals surface area contributed by atoms with Crippen LogP contribution >= 0.6 is 0 Å². The first kappa shape index (κ1) is 6.38. The number of likely N-dealkylation sites (N-methyl/N-ethyl adjacent to an activating group) is 1. The zero-order valence-corrected chi connectivity index (χ0v) is 6.38. The Kier molecular flexibility index (Phi) is 1.51. The molecule has 0 aromatic carbocycles. The van der Waals surface area contributed by atoms with E-state index in [1.165, 1.54) is 13.1 Å². The fourth-order valence-electron chi connectivity index (χ4n) is 1.91. The molecule has 2 unspecified atom stereocenters.